The summed E-state index contributed by atoms with van der Waals surface area (Å²) in [5.41, 5.74) is 1.03. The predicted molar refractivity (Wildman–Crippen MR) is 107 cm³/mol. The lowest BCUT2D eigenvalue weighted by molar-refractivity contribution is -0.133. The Morgan fingerprint density at radius 3 is 2.63 bits per heavy atom. The maximum Gasteiger partial charge on any atom is 0.239 e. The lowest BCUT2D eigenvalue weighted by Crippen LogP contribution is -2.44. The van der Waals surface area contributed by atoms with Gasteiger partial charge in [0.15, 0.2) is 5.96 Å². The van der Waals surface area contributed by atoms with Crippen LogP contribution in [-0.2, 0) is 11.3 Å². The number of likely N-dealkylation sites (tertiary alicyclic amines) is 1. The molecule has 0 spiro atoms. The number of carbonyl (C=O) groups is 1. The lowest BCUT2D eigenvalue weighted by atomic mass is 10.2. The van der Waals surface area contributed by atoms with Crippen LogP contribution in [0.3, 0.4) is 0 Å². The topological polar surface area (TPSA) is 51.2 Å². The van der Waals surface area contributed by atoms with Crippen LogP contribution in [0, 0.1) is 5.82 Å². The van der Waals surface area contributed by atoms with Crippen molar-refractivity contribution in [2.45, 2.75) is 31.8 Å². The van der Waals surface area contributed by atoms with Gasteiger partial charge < -0.3 is 15.1 Å². The molecule has 0 radical (unpaired) electrons. The van der Waals surface area contributed by atoms with E-state index in [1.54, 1.807) is 24.1 Å². The number of halogens is 1. The number of rotatable bonds is 7. The van der Waals surface area contributed by atoms with Gasteiger partial charge in [0.1, 0.15) is 5.82 Å². The van der Waals surface area contributed by atoms with Crippen molar-refractivity contribution in [2.24, 2.45) is 4.99 Å². The van der Waals surface area contributed by atoms with Crippen molar-refractivity contribution < 1.29 is 9.18 Å². The van der Waals surface area contributed by atoms with Gasteiger partial charge in [0.25, 0.3) is 0 Å². The van der Waals surface area contributed by atoms with Gasteiger partial charge in [-0.05, 0) is 43.5 Å². The highest BCUT2D eigenvalue weighted by atomic mass is 19.1. The first kappa shape index (κ1) is 21.2. The largest absolute Gasteiger partial charge is 0.356 e. The molecule has 1 unspecified atom stereocenters. The van der Waals surface area contributed by atoms with Crippen molar-refractivity contribution in [3.63, 3.8) is 0 Å². The van der Waals surface area contributed by atoms with Gasteiger partial charge in [-0.25, -0.2) is 4.39 Å². The molecule has 27 heavy (non-hydrogen) atoms. The summed E-state index contributed by atoms with van der Waals surface area (Å²) >= 11 is 0. The van der Waals surface area contributed by atoms with Crippen LogP contribution in [0.1, 0.15) is 24.8 Å². The average molecular weight is 378 g/mol. The molecule has 2 rings (SSSR count). The number of carbonyl (C=O) groups excluding carboxylic acids is 1. The maximum absolute atomic E-state index is 13.0. The number of benzene rings is 1. The van der Waals surface area contributed by atoms with Crippen LogP contribution in [0.15, 0.2) is 29.3 Å². The van der Waals surface area contributed by atoms with E-state index in [1.165, 1.54) is 12.1 Å². The van der Waals surface area contributed by atoms with Gasteiger partial charge in [0, 0.05) is 47.8 Å². The molecule has 0 aromatic heterocycles. The van der Waals surface area contributed by atoms with Crippen LogP contribution in [0.5, 0.6) is 0 Å². The highest BCUT2D eigenvalue weighted by Gasteiger charge is 2.30. The van der Waals surface area contributed by atoms with Gasteiger partial charge in [0.2, 0.25) is 5.91 Å². The van der Waals surface area contributed by atoms with E-state index in [0.29, 0.717) is 6.54 Å². The number of amides is 1. The fraction of sp³-hybridized carbons (Fsp3) is 0.600. The first-order valence-electron chi connectivity index (χ1n) is 9.54. The third-order valence-corrected chi connectivity index (χ3v) is 4.90. The van der Waals surface area contributed by atoms with E-state index in [2.05, 4.69) is 15.2 Å². The number of hydrogen-bond acceptors (Lipinski definition) is 3. The van der Waals surface area contributed by atoms with Crippen molar-refractivity contribution in [1.82, 2.24) is 20.0 Å². The maximum atomic E-state index is 13.0. The summed E-state index contributed by atoms with van der Waals surface area (Å²) in [6, 6.07) is 6.55. The average Bonchev–Trinajstić information content (AvgIpc) is 3.11. The van der Waals surface area contributed by atoms with E-state index in [9.17, 15) is 9.18 Å². The Balaban J connectivity index is 1.75. The molecule has 0 bridgehead atoms. The van der Waals surface area contributed by atoms with Crippen LogP contribution >= 0.6 is 0 Å². The van der Waals surface area contributed by atoms with Crippen molar-refractivity contribution >= 4 is 11.9 Å². The fourth-order valence-corrected chi connectivity index (χ4v) is 3.48. The third kappa shape index (κ3) is 6.20. The highest BCUT2D eigenvalue weighted by molar-refractivity contribution is 5.81. The summed E-state index contributed by atoms with van der Waals surface area (Å²) in [6.07, 6.45) is 2.98. The zero-order chi connectivity index (χ0) is 19.8. The quantitative estimate of drug-likeness (QED) is 0.447. The molecule has 1 fully saturated rings. The number of guanidine groups is 1. The number of nitrogens with zero attached hydrogens (tertiary/aromatic N) is 4. The summed E-state index contributed by atoms with van der Waals surface area (Å²) in [5, 5.41) is 3.37. The van der Waals surface area contributed by atoms with Crippen LogP contribution < -0.4 is 5.32 Å². The smallest absolute Gasteiger partial charge is 0.239 e. The fourth-order valence-electron chi connectivity index (χ4n) is 3.48. The van der Waals surface area contributed by atoms with E-state index in [4.69, 9.17) is 0 Å². The van der Waals surface area contributed by atoms with Crippen LogP contribution in [0.4, 0.5) is 4.39 Å². The Kier molecular flexibility index (Phi) is 8.03. The molecule has 1 amide bonds. The van der Waals surface area contributed by atoms with Gasteiger partial charge in [-0.1, -0.05) is 12.1 Å². The minimum Gasteiger partial charge on any atom is -0.356 e. The number of nitrogens with one attached hydrogen (secondary N) is 1. The van der Waals surface area contributed by atoms with Crippen LogP contribution in [0.25, 0.3) is 0 Å². The van der Waals surface area contributed by atoms with Crippen LogP contribution in [-0.4, -0.2) is 80.4 Å². The summed E-state index contributed by atoms with van der Waals surface area (Å²) in [5.74, 6) is 0.786. The molecule has 1 aromatic rings. The SMILES string of the molecule is CN=C(NCCCN1CCCC1C(=O)N(C)C)N(C)Cc1ccc(F)cc1. The van der Waals surface area contributed by atoms with Crippen molar-refractivity contribution in [2.75, 3.05) is 47.8 Å². The zero-order valence-corrected chi connectivity index (χ0v) is 16.9. The molecule has 1 aliphatic rings. The standard InChI is InChI=1S/C20H32FN5O/c1-22-20(25(4)15-16-8-10-17(21)11-9-16)23-12-6-14-26-13-5-7-18(26)19(27)24(2)3/h8-11,18H,5-7,12-15H2,1-4H3,(H,22,23). The van der Waals surface area contributed by atoms with Gasteiger partial charge in [0.05, 0.1) is 6.04 Å². The molecule has 150 valence electrons. The molecule has 1 saturated heterocycles. The monoisotopic (exact) mass is 377 g/mol. The molecule has 1 aromatic carbocycles. The van der Waals surface area contributed by atoms with Crippen molar-refractivity contribution in [3.8, 4) is 0 Å². The summed E-state index contributed by atoms with van der Waals surface area (Å²) in [7, 11) is 7.36. The van der Waals surface area contributed by atoms with E-state index in [0.717, 1.165) is 50.4 Å². The Hall–Kier alpha value is -2.15. The first-order valence-corrected chi connectivity index (χ1v) is 9.54. The van der Waals surface area contributed by atoms with Crippen molar-refractivity contribution in [3.05, 3.63) is 35.6 Å². The summed E-state index contributed by atoms with van der Waals surface area (Å²) < 4.78 is 13.0. The predicted octanol–water partition coefficient (Wildman–Crippen LogP) is 1.78. The van der Waals surface area contributed by atoms with Crippen molar-refractivity contribution in [1.29, 1.82) is 0 Å². The Bertz CT molecular complexity index is 632. The molecular weight excluding hydrogens is 345 g/mol. The van der Waals surface area contributed by atoms with E-state index in [1.807, 2.05) is 26.0 Å². The highest BCUT2D eigenvalue weighted by Crippen LogP contribution is 2.18. The molecule has 1 aliphatic heterocycles. The Labute approximate surface area is 162 Å². The molecular formula is C20H32FN5O. The van der Waals surface area contributed by atoms with Crippen LogP contribution in [0.2, 0.25) is 0 Å². The Morgan fingerprint density at radius 2 is 2.00 bits per heavy atom. The second-order valence-corrected chi connectivity index (χ2v) is 7.24. The molecule has 6 nitrogen and oxygen atoms in total. The third-order valence-electron chi connectivity index (χ3n) is 4.90. The number of likely N-dealkylation sites (N-methyl/N-ethyl adjacent to an activating group) is 1. The van der Waals surface area contributed by atoms with Gasteiger partial charge in [-0.3, -0.25) is 14.7 Å². The molecule has 1 heterocycles. The minimum atomic E-state index is -0.225. The Morgan fingerprint density at radius 1 is 1.30 bits per heavy atom. The van der Waals surface area contributed by atoms with Gasteiger partial charge in [-0.2, -0.15) is 0 Å². The molecule has 0 saturated carbocycles. The first-order chi connectivity index (χ1) is 12.9. The molecule has 7 heteroatoms. The molecule has 1 N–H and O–H groups in total. The second kappa shape index (κ2) is 10.3. The zero-order valence-electron chi connectivity index (χ0n) is 16.9. The molecule has 1 atom stereocenters. The minimum absolute atomic E-state index is 0.0282. The second-order valence-electron chi connectivity index (χ2n) is 7.24. The summed E-state index contributed by atoms with van der Waals surface area (Å²) in [6.45, 7) is 3.34. The normalized spacial score (nSPS) is 17.8. The van der Waals surface area contributed by atoms with E-state index >= 15 is 0 Å². The van der Waals surface area contributed by atoms with E-state index in [-0.39, 0.29) is 17.8 Å². The van der Waals surface area contributed by atoms with Gasteiger partial charge in [-0.15, -0.1) is 0 Å². The molecule has 0 aliphatic carbocycles. The number of aliphatic imine (C=N–C) groups is 1. The lowest BCUT2D eigenvalue weighted by Gasteiger charge is -2.26. The summed E-state index contributed by atoms with van der Waals surface area (Å²) in [4.78, 5) is 22.6. The van der Waals surface area contributed by atoms with Gasteiger partial charge >= 0.3 is 0 Å². The van der Waals surface area contributed by atoms with E-state index < -0.39 is 0 Å². The number of hydrogen-bond donors (Lipinski definition) is 1.